The lowest BCUT2D eigenvalue weighted by Gasteiger charge is -2.22. The van der Waals surface area contributed by atoms with Crippen molar-refractivity contribution < 1.29 is 4.39 Å². The van der Waals surface area contributed by atoms with Gasteiger partial charge in [-0.3, -0.25) is 4.98 Å². The summed E-state index contributed by atoms with van der Waals surface area (Å²) < 4.78 is 17.6. The highest BCUT2D eigenvalue weighted by Gasteiger charge is 2.28. The Morgan fingerprint density at radius 2 is 2.10 bits per heavy atom. The molecule has 0 spiro atoms. The number of pyridine rings is 1. The summed E-state index contributed by atoms with van der Waals surface area (Å²) in [4.78, 5) is 4.99. The van der Waals surface area contributed by atoms with Gasteiger partial charge in [-0.25, -0.2) is 4.39 Å². The molecule has 4 nitrogen and oxygen atoms in total. The van der Waals surface area contributed by atoms with E-state index in [2.05, 4.69) is 47.6 Å². The molecule has 0 aliphatic heterocycles. The second-order valence-electron chi connectivity index (χ2n) is 6.06. The molecular weight excluding hydrogens is 287 g/mol. The number of hydrogen-bond acceptors (Lipinski definition) is 5. The molecule has 0 fully saturated rings. The maximum atomic E-state index is 13.5. The van der Waals surface area contributed by atoms with Gasteiger partial charge in [-0.15, -0.1) is 5.10 Å². The van der Waals surface area contributed by atoms with E-state index in [9.17, 15) is 4.39 Å². The van der Waals surface area contributed by atoms with Crippen LogP contribution in [0.2, 0.25) is 0 Å². The summed E-state index contributed by atoms with van der Waals surface area (Å²) >= 11 is 1.36. The second-order valence-corrected chi connectivity index (χ2v) is 6.85. The Bertz CT molecular complexity index is 591. The second kappa shape index (κ2) is 6.58. The van der Waals surface area contributed by atoms with Gasteiger partial charge in [0.2, 0.25) is 0 Å². The fourth-order valence-corrected chi connectivity index (χ4v) is 3.11. The summed E-state index contributed by atoms with van der Waals surface area (Å²) in [7, 11) is 0. The molecule has 0 saturated carbocycles. The SMILES string of the molecule is CCCNC(c1cncc(F)c1)c1snnc1C(C)(C)C. The number of rotatable bonds is 5. The minimum atomic E-state index is -0.328. The van der Waals surface area contributed by atoms with Crippen molar-refractivity contribution in [1.82, 2.24) is 19.9 Å². The highest BCUT2D eigenvalue weighted by Crippen LogP contribution is 2.33. The molecule has 2 heterocycles. The highest BCUT2D eigenvalue weighted by atomic mass is 32.1. The molecule has 1 unspecified atom stereocenters. The zero-order valence-electron chi connectivity index (χ0n) is 12.9. The van der Waals surface area contributed by atoms with E-state index in [1.165, 1.54) is 23.8 Å². The number of hydrogen-bond donors (Lipinski definition) is 1. The topological polar surface area (TPSA) is 50.7 Å². The molecule has 0 amide bonds. The average molecular weight is 308 g/mol. The van der Waals surface area contributed by atoms with Crippen molar-refractivity contribution in [2.75, 3.05) is 6.54 Å². The quantitative estimate of drug-likeness (QED) is 0.919. The molecule has 6 heteroatoms. The van der Waals surface area contributed by atoms with Crippen LogP contribution in [0.3, 0.4) is 0 Å². The molecule has 0 aliphatic carbocycles. The Labute approximate surface area is 129 Å². The van der Waals surface area contributed by atoms with E-state index < -0.39 is 0 Å². The fourth-order valence-electron chi connectivity index (χ4n) is 2.14. The molecule has 2 rings (SSSR count). The van der Waals surface area contributed by atoms with Gasteiger partial charge in [0, 0.05) is 11.6 Å². The largest absolute Gasteiger partial charge is 0.305 e. The van der Waals surface area contributed by atoms with Gasteiger partial charge in [-0.05, 0) is 36.1 Å². The van der Waals surface area contributed by atoms with E-state index >= 15 is 0 Å². The zero-order chi connectivity index (χ0) is 15.5. The van der Waals surface area contributed by atoms with Crippen LogP contribution < -0.4 is 5.32 Å². The van der Waals surface area contributed by atoms with Crippen molar-refractivity contribution >= 4 is 11.5 Å². The van der Waals surface area contributed by atoms with Gasteiger partial charge in [0.25, 0.3) is 0 Å². The Morgan fingerprint density at radius 1 is 1.33 bits per heavy atom. The van der Waals surface area contributed by atoms with Crippen LogP contribution in [0.15, 0.2) is 18.5 Å². The molecule has 0 aliphatic rings. The van der Waals surface area contributed by atoms with Crippen LogP contribution in [0, 0.1) is 5.82 Å². The molecule has 1 atom stereocenters. The minimum absolute atomic E-state index is 0.102. The summed E-state index contributed by atoms with van der Waals surface area (Å²) in [6.07, 6.45) is 3.91. The van der Waals surface area contributed by atoms with Gasteiger partial charge in [0.1, 0.15) is 5.82 Å². The van der Waals surface area contributed by atoms with E-state index in [1.807, 2.05) is 0 Å². The van der Waals surface area contributed by atoms with Crippen molar-refractivity contribution in [2.45, 2.75) is 45.6 Å². The van der Waals surface area contributed by atoms with Gasteiger partial charge in [0.15, 0.2) is 0 Å². The van der Waals surface area contributed by atoms with Gasteiger partial charge >= 0.3 is 0 Å². The van der Waals surface area contributed by atoms with Crippen LogP contribution in [0.4, 0.5) is 4.39 Å². The van der Waals surface area contributed by atoms with E-state index in [4.69, 9.17) is 0 Å². The number of halogens is 1. The number of nitrogens with zero attached hydrogens (tertiary/aromatic N) is 3. The maximum Gasteiger partial charge on any atom is 0.141 e. The van der Waals surface area contributed by atoms with Crippen molar-refractivity contribution in [1.29, 1.82) is 0 Å². The lowest BCUT2D eigenvalue weighted by atomic mass is 9.89. The van der Waals surface area contributed by atoms with Crippen LogP contribution >= 0.6 is 11.5 Å². The predicted molar refractivity (Wildman–Crippen MR) is 82.9 cm³/mol. The monoisotopic (exact) mass is 308 g/mol. The zero-order valence-corrected chi connectivity index (χ0v) is 13.7. The Morgan fingerprint density at radius 3 is 2.71 bits per heavy atom. The molecule has 2 aromatic rings. The summed E-state index contributed by atoms with van der Waals surface area (Å²) in [5.74, 6) is -0.328. The van der Waals surface area contributed by atoms with Crippen molar-refractivity contribution in [3.63, 3.8) is 0 Å². The predicted octanol–water partition coefficient (Wildman–Crippen LogP) is 3.46. The molecule has 1 N–H and O–H groups in total. The minimum Gasteiger partial charge on any atom is -0.305 e. The molecule has 0 radical (unpaired) electrons. The van der Waals surface area contributed by atoms with E-state index in [0.717, 1.165) is 29.1 Å². The van der Waals surface area contributed by atoms with E-state index in [0.29, 0.717) is 0 Å². The molecule has 2 aromatic heterocycles. The lowest BCUT2D eigenvalue weighted by Crippen LogP contribution is -2.26. The van der Waals surface area contributed by atoms with E-state index in [-0.39, 0.29) is 17.3 Å². The van der Waals surface area contributed by atoms with Crippen LogP contribution in [-0.2, 0) is 5.41 Å². The molecular formula is C15H21FN4S. The van der Waals surface area contributed by atoms with Crippen LogP contribution in [-0.4, -0.2) is 21.1 Å². The molecule has 114 valence electrons. The Hall–Kier alpha value is -1.40. The van der Waals surface area contributed by atoms with Gasteiger partial charge in [-0.2, -0.15) is 0 Å². The van der Waals surface area contributed by atoms with Crippen LogP contribution in [0.5, 0.6) is 0 Å². The smallest absolute Gasteiger partial charge is 0.141 e. The first-order valence-electron chi connectivity index (χ1n) is 7.10. The maximum absolute atomic E-state index is 13.5. The highest BCUT2D eigenvalue weighted by molar-refractivity contribution is 7.05. The van der Waals surface area contributed by atoms with Crippen LogP contribution in [0.1, 0.15) is 56.3 Å². The third-order valence-electron chi connectivity index (χ3n) is 3.14. The molecule has 21 heavy (non-hydrogen) atoms. The summed E-state index contributed by atoms with van der Waals surface area (Å²) in [5.41, 5.74) is 1.65. The lowest BCUT2D eigenvalue weighted by molar-refractivity contribution is 0.535. The van der Waals surface area contributed by atoms with Gasteiger partial charge in [-0.1, -0.05) is 32.2 Å². The first kappa shape index (κ1) is 16.0. The van der Waals surface area contributed by atoms with Crippen molar-refractivity contribution in [3.8, 4) is 0 Å². The van der Waals surface area contributed by atoms with Crippen LogP contribution in [0.25, 0.3) is 0 Å². The molecule has 0 bridgehead atoms. The number of nitrogens with one attached hydrogen (secondary N) is 1. The first-order chi connectivity index (χ1) is 9.93. The number of aromatic nitrogens is 3. The van der Waals surface area contributed by atoms with E-state index in [1.54, 1.807) is 6.20 Å². The standard InChI is InChI=1S/C15H21FN4S/c1-5-6-18-12(10-7-11(16)9-17-8-10)13-14(15(2,3)4)19-20-21-13/h7-9,12,18H,5-6H2,1-4H3. The fraction of sp³-hybridized carbons (Fsp3) is 0.533. The average Bonchev–Trinajstić information content (AvgIpc) is 2.88. The first-order valence-corrected chi connectivity index (χ1v) is 7.87. The third-order valence-corrected chi connectivity index (χ3v) is 3.93. The molecule has 0 saturated heterocycles. The Kier molecular flexibility index (Phi) is 5.00. The van der Waals surface area contributed by atoms with Crippen molar-refractivity contribution in [2.24, 2.45) is 0 Å². The summed E-state index contributed by atoms with van der Waals surface area (Å²) in [6.45, 7) is 9.25. The normalized spacial score (nSPS) is 13.4. The summed E-state index contributed by atoms with van der Waals surface area (Å²) in [6, 6.07) is 1.40. The third kappa shape index (κ3) is 3.83. The molecule has 0 aromatic carbocycles. The van der Waals surface area contributed by atoms with Crippen molar-refractivity contribution in [3.05, 3.63) is 40.4 Å². The van der Waals surface area contributed by atoms with Gasteiger partial charge in [0.05, 0.1) is 22.8 Å². The Balaban J connectivity index is 2.44. The van der Waals surface area contributed by atoms with Gasteiger partial charge < -0.3 is 5.32 Å². The summed E-state index contributed by atoms with van der Waals surface area (Å²) in [5, 5.41) is 7.73.